The molecule has 1 aromatic heterocycles. The number of anilines is 1. The van der Waals surface area contributed by atoms with Crippen LogP contribution < -0.4 is 4.90 Å². The molecular formula is C21H18ClN3O3. The van der Waals surface area contributed by atoms with E-state index in [-0.39, 0.29) is 17.9 Å². The molecule has 7 heteroatoms. The average Bonchev–Trinajstić information content (AvgIpc) is 3.21. The van der Waals surface area contributed by atoms with Gasteiger partial charge in [-0.05, 0) is 55.8 Å². The van der Waals surface area contributed by atoms with Gasteiger partial charge in [-0.2, -0.15) is 5.10 Å². The lowest BCUT2D eigenvalue weighted by Gasteiger charge is -2.26. The van der Waals surface area contributed by atoms with Gasteiger partial charge in [0.25, 0.3) is 5.91 Å². The summed E-state index contributed by atoms with van der Waals surface area (Å²) in [6, 6.07) is 13.9. The molecule has 0 spiro atoms. The van der Waals surface area contributed by atoms with E-state index < -0.39 is 0 Å². The van der Waals surface area contributed by atoms with Crippen molar-refractivity contribution in [2.24, 2.45) is 0 Å². The molecule has 1 aliphatic heterocycles. The van der Waals surface area contributed by atoms with Crippen molar-refractivity contribution >= 4 is 29.2 Å². The monoisotopic (exact) mass is 395 g/mol. The number of hydrogen-bond donors (Lipinski definition) is 1. The highest BCUT2D eigenvalue weighted by atomic mass is 35.5. The Morgan fingerprint density at radius 3 is 2.50 bits per heavy atom. The van der Waals surface area contributed by atoms with Crippen LogP contribution in [0, 0.1) is 6.92 Å². The van der Waals surface area contributed by atoms with Gasteiger partial charge in [0.1, 0.15) is 0 Å². The number of aromatic amines is 1. The molecule has 0 aliphatic carbocycles. The SMILES string of the molecule is CCOC(=O)c1ccc(N2C(=O)c3n[nH]c(C)c3[C@H]2c2ccc(Cl)cc2)cc1. The third-order valence-electron chi connectivity index (χ3n) is 4.79. The molecule has 1 atom stereocenters. The average molecular weight is 396 g/mol. The Hall–Kier alpha value is -3.12. The van der Waals surface area contributed by atoms with Crippen LogP contribution in [-0.2, 0) is 4.74 Å². The quantitative estimate of drug-likeness (QED) is 0.668. The number of amides is 1. The van der Waals surface area contributed by atoms with E-state index in [1.165, 1.54) is 0 Å². The minimum absolute atomic E-state index is 0.191. The molecule has 142 valence electrons. The second-order valence-electron chi connectivity index (χ2n) is 6.51. The molecule has 0 fully saturated rings. The zero-order valence-electron chi connectivity index (χ0n) is 15.4. The summed E-state index contributed by atoms with van der Waals surface area (Å²) in [5.74, 6) is -0.580. The van der Waals surface area contributed by atoms with Crippen molar-refractivity contribution in [1.82, 2.24) is 10.2 Å². The number of benzene rings is 2. The predicted molar refractivity (Wildman–Crippen MR) is 106 cm³/mol. The molecule has 1 N–H and O–H groups in total. The Kier molecular flexibility index (Phi) is 4.65. The van der Waals surface area contributed by atoms with E-state index in [0.717, 1.165) is 16.8 Å². The molecule has 3 aromatic rings. The Balaban J connectivity index is 1.77. The normalized spacial score (nSPS) is 15.6. The number of esters is 1. The van der Waals surface area contributed by atoms with Gasteiger partial charge in [0.15, 0.2) is 5.69 Å². The molecule has 0 radical (unpaired) electrons. The molecule has 28 heavy (non-hydrogen) atoms. The number of ether oxygens (including phenoxy) is 1. The van der Waals surface area contributed by atoms with Crippen LogP contribution in [0.25, 0.3) is 0 Å². The number of hydrogen-bond acceptors (Lipinski definition) is 4. The van der Waals surface area contributed by atoms with Crippen molar-refractivity contribution in [3.63, 3.8) is 0 Å². The number of fused-ring (bicyclic) bond motifs is 1. The highest BCUT2D eigenvalue weighted by Gasteiger charge is 2.42. The van der Waals surface area contributed by atoms with Gasteiger partial charge in [-0.1, -0.05) is 23.7 Å². The molecule has 0 saturated carbocycles. The van der Waals surface area contributed by atoms with Gasteiger partial charge in [0.2, 0.25) is 0 Å². The summed E-state index contributed by atoms with van der Waals surface area (Å²) >= 11 is 6.04. The fraction of sp³-hybridized carbons (Fsp3) is 0.190. The number of H-pyrrole nitrogens is 1. The number of halogens is 1. The van der Waals surface area contributed by atoms with Crippen LogP contribution in [0.5, 0.6) is 0 Å². The fourth-order valence-corrected chi connectivity index (χ4v) is 3.62. The topological polar surface area (TPSA) is 75.3 Å². The molecule has 4 rings (SSSR count). The van der Waals surface area contributed by atoms with Crippen molar-refractivity contribution in [2.45, 2.75) is 19.9 Å². The van der Waals surface area contributed by atoms with E-state index in [9.17, 15) is 9.59 Å². The van der Waals surface area contributed by atoms with E-state index in [0.29, 0.717) is 28.6 Å². The highest BCUT2D eigenvalue weighted by Crippen LogP contribution is 2.42. The van der Waals surface area contributed by atoms with Crippen LogP contribution in [0.3, 0.4) is 0 Å². The van der Waals surface area contributed by atoms with E-state index in [1.54, 1.807) is 48.2 Å². The van der Waals surface area contributed by atoms with Crippen LogP contribution in [0.15, 0.2) is 48.5 Å². The summed E-state index contributed by atoms with van der Waals surface area (Å²) in [6.07, 6.45) is 0. The van der Waals surface area contributed by atoms with E-state index >= 15 is 0 Å². The standard InChI is InChI=1S/C21H18ClN3O3/c1-3-28-21(27)14-6-10-16(11-7-14)25-19(13-4-8-15(22)9-5-13)17-12(2)23-24-18(17)20(25)26/h4-11,19H,3H2,1-2H3,(H,23,24)/t19-/m1/s1. The Morgan fingerprint density at radius 1 is 1.18 bits per heavy atom. The lowest BCUT2D eigenvalue weighted by Crippen LogP contribution is -2.29. The van der Waals surface area contributed by atoms with E-state index in [2.05, 4.69) is 10.2 Å². The van der Waals surface area contributed by atoms with Gasteiger partial charge in [-0.15, -0.1) is 0 Å². The van der Waals surface area contributed by atoms with Gasteiger partial charge in [0.05, 0.1) is 18.2 Å². The fourth-order valence-electron chi connectivity index (χ4n) is 3.50. The highest BCUT2D eigenvalue weighted by molar-refractivity contribution is 6.30. The molecule has 1 amide bonds. The molecule has 0 unspecified atom stereocenters. The lowest BCUT2D eigenvalue weighted by molar-refractivity contribution is 0.0526. The maximum atomic E-state index is 13.1. The first-order valence-corrected chi connectivity index (χ1v) is 9.30. The molecule has 0 saturated heterocycles. The van der Waals surface area contributed by atoms with Gasteiger partial charge >= 0.3 is 5.97 Å². The lowest BCUT2D eigenvalue weighted by atomic mass is 9.99. The molecule has 1 aliphatic rings. The number of carbonyl (C=O) groups excluding carboxylic acids is 2. The second kappa shape index (κ2) is 7.13. The predicted octanol–water partition coefficient (Wildman–Crippen LogP) is 4.30. The molecule has 2 heterocycles. The number of nitrogens with zero attached hydrogens (tertiary/aromatic N) is 2. The first-order chi connectivity index (χ1) is 13.5. The first kappa shape index (κ1) is 18.3. The van der Waals surface area contributed by atoms with Gasteiger partial charge in [-0.3, -0.25) is 14.8 Å². The zero-order valence-corrected chi connectivity index (χ0v) is 16.2. The van der Waals surface area contributed by atoms with E-state index in [4.69, 9.17) is 16.3 Å². The third kappa shape index (κ3) is 2.96. The van der Waals surface area contributed by atoms with Crippen LogP contribution in [0.1, 0.15) is 50.6 Å². The van der Waals surface area contributed by atoms with Crippen LogP contribution in [0.2, 0.25) is 5.02 Å². The maximum absolute atomic E-state index is 13.1. The van der Waals surface area contributed by atoms with E-state index in [1.807, 2.05) is 19.1 Å². The van der Waals surface area contributed by atoms with Crippen molar-refractivity contribution in [3.8, 4) is 0 Å². The summed E-state index contributed by atoms with van der Waals surface area (Å²) in [5.41, 5.74) is 4.14. The van der Waals surface area contributed by atoms with Crippen LogP contribution >= 0.6 is 11.6 Å². The van der Waals surface area contributed by atoms with Gasteiger partial charge in [-0.25, -0.2) is 4.79 Å². The first-order valence-electron chi connectivity index (χ1n) is 8.92. The van der Waals surface area contributed by atoms with Crippen LogP contribution in [-0.4, -0.2) is 28.7 Å². The Labute approximate surface area is 167 Å². The van der Waals surface area contributed by atoms with Gasteiger partial charge in [0, 0.05) is 22.0 Å². The number of aromatic nitrogens is 2. The Bertz CT molecular complexity index is 1040. The minimum atomic E-state index is -0.389. The number of aryl methyl sites for hydroxylation is 1. The smallest absolute Gasteiger partial charge is 0.338 e. The van der Waals surface area contributed by atoms with Crippen LogP contribution in [0.4, 0.5) is 5.69 Å². The molecule has 2 aromatic carbocycles. The number of carbonyl (C=O) groups is 2. The van der Waals surface area contributed by atoms with Gasteiger partial charge < -0.3 is 4.74 Å². The third-order valence-corrected chi connectivity index (χ3v) is 5.04. The largest absolute Gasteiger partial charge is 0.462 e. The van der Waals surface area contributed by atoms with Crippen molar-refractivity contribution in [2.75, 3.05) is 11.5 Å². The summed E-state index contributed by atoms with van der Waals surface area (Å²) < 4.78 is 5.02. The van der Waals surface area contributed by atoms with Crippen molar-refractivity contribution in [3.05, 3.63) is 81.6 Å². The molecular weight excluding hydrogens is 378 g/mol. The Morgan fingerprint density at radius 2 is 1.86 bits per heavy atom. The second-order valence-corrected chi connectivity index (χ2v) is 6.94. The molecule has 0 bridgehead atoms. The maximum Gasteiger partial charge on any atom is 0.338 e. The number of rotatable bonds is 4. The van der Waals surface area contributed by atoms with Crippen molar-refractivity contribution in [1.29, 1.82) is 0 Å². The van der Waals surface area contributed by atoms with Crippen molar-refractivity contribution < 1.29 is 14.3 Å². The summed E-state index contributed by atoms with van der Waals surface area (Å²) in [6.45, 7) is 3.97. The number of nitrogens with one attached hydrogen (secondary N) is 1. The summed E-state index contributed by atoms with van der Waals surface area (Å²) in [4.78, 5) is 26.7. The molecule has 6 nitrogen and oxygen atoms in total. The summed E-state index contributed by atoms with van der Waals surface area (Å²) in [7, 11) is 0. The zero-order chi connectivity index (χ0) is 19.8. The minimum Gasteiger partial charge on any atom is -0.462 e. The summed E-state index contributed by atoms with van der Waals surface area (Å²) in [5, 5.41) is 7.73.